The summed E-state index contributed by atoms with van der Waals surface area (Å²) in [6.07, 6.45) is 0. The topological polar surface area (TPSA) is 20.2 Å². The number of benzene rings is 1. The molecule has 0 unspecified atom stereocenters. The number of hydrogen-bond acceptors (Lipinski definition) is 1. The van der Waals surface area contributed by atoms with Crippen LogP contribution in [0.25, 0.3) is 0 Å². The second kappa shape index (κ2) is 5.57. The number of hydrogen-bond donors (Lipinski definition) is 1. The lowest BCUT2D eigenvalue weighted by Gasteiger charge is -2.05. The number of rotatable bonds is 1. The Morgan fingerprint density at radius 2 is 1.77 bits per heavy atom. The molecule has 2 heteroatoms. The Hall–Kier alpha value is -1.05. The van der Waals surface area contributed by atoms with Gasteiger partial charge in [-0.1, -0.05) is 33.8 Å². The van der Waals surface area contributed by atoms with Gasteiger partial charge in [0.2, 0.25) is 0 Å². The van der Waals surface area contributed by atoms with Crippen molar-refractivity contribution in [1.29, 1.82) is 0 Å². The van der Waals surface area contributed by atoms with Crippen molar-refractivity contribution in [2.24, 2.45) is 0 Å². The predicted octanol–water partition coefficient (Wildman–Crippen LogP) is 3.68. The lowest BCUT2D eigenvalue weighted by Crippen LogP contribution is -1.91. The molecule has 1 aromatic rings. The highest BCUT2D eigenvalue weighted by Gasteiger charge is 2.05. The third kappa shape index (κ3) is 3.45. The molecule has 0 amide bonds. The van der Waals surface area contributed by atoms with Gasteiger partial charge >= 0.3 is 0 Å². The third-order valence-electron chi connectivity index (χ3n) is 1.61. The number of aromatic hydroxyl groups is 1. The van der Waals surface area contributed by atoms with Crippen molar-refractivity contribution in [3.8, 4) is 5.75 Å². The average molecular weight is 184 g/mol. The van der Waals surface area contributed by atoms with E-state index in [2.05, 4.69) is 0 Å². The highest BCUT2D eigenvalue weighted by atomic mass is 19.1. The van der Waals surface area contributed by atoms with Gasteiger partial charge in [-0.15, -0.1) is 0 Å². The van der Waals surface area contributed by atoms with Crippen molar-refractivity contribution in [3.63, 3.8) is 0 Å². The maximum absolute atomic E-state index is 12.9. The van der Waals surface area contributed by atoms with Crippen LogP contribution < -0.4 is 0 Å². The van der Waals surface area contributed by atoms with Gasteiger partial charge < -0.3 is 5.11 Å². The van der Waals surface area contributed by atoms with Gasteiger partial charge in [0.15, 0.2) is 0 Å². The van der Waals surface area contributed by atoms with Gasteiger partial charge in [-0.3, -0.25) is 0 Å². The van der Waals surface area contributed by atoms with Crippen LogP contribution in [0, 0.1) is 5.82 Å². The second-order valence-corrected chi connectivity index (χ2v) is 2.86. The van der Waals surface area contributed by atoms with E-state index in [4.69, 9.17) is 5.11 Å². The Bertz CT molecular complexity index is 256. The van der Waals surface area contributed by atoms with E-state index in [0.717, 1.165) is 6.07 Å². The fourth-order valence-corrected chi connectivity index (χ4v) is 0.984. The smallest absolute Gasteiger partial charge is 0.130 e. The molecule has 1 aromatic carbocycles. The van der Waals surface area contributed by atoms with Gasteiger partial charge in [0, 0.05) is 6.07 Å². The van der Waals surface area contributed by atoms with E-state index < -0.39 is 0 Å². The van der Waals surface area contributed by atoms with Crippen LogP contribution in [0.1, 0.15) is 39.2 Å². The van der Waals surface area contributed by atoms with Crippen LogP contribution in [0.4, 0.5) is 4.39 Å². The van der Waals surface area contributed by atoms with Crippen LogP contribution >= 0.6 is 0 Å². The molecule has 1 nitrogen and oxygen atoms in total. The maximum atomic E-state index is 12.9. The van der Waals surface area contributed by atoms with E-state index >= 15 is 0 Å². The van der Waals surface area contributed by atoms with Crippen LogP contribution in [0.2, 0.25) is 0 Å². The summed E-state index contributed by atoms with van der Waals surface area (Å²) in [4.78, 5) is 0. The Morgan fingerprint density at radius 1 is 1.23 bits per heavy atom. The van der Waals surface area contributed by atoms with Crippen molar-refractivity contribution < 1.29 is 9.50 Å². The molecule has 0 saturated heterocycles. The minimum atomic E-state index is -0.333. The number of phenols is 1. The number of phenolic OH excluding ortho intramolecular Hbond substituents is 1. The minimum absolute atomic E-state index is 0.0214. The van der Waals surface area contributed by atoms with Crippen molar-refractivity contribution in [2.75, 3.05) is 0 Å². The van der Waals surface area contributed by atoms with Crippen LogP contribution in [0.15, 0.2) is 18.2 Å². The van der Waals surface area contributed by atoms with Gasteiger partial charge in [0.05, 0.1) is 0 Å². The first-order chi connectivity index (χ1) is 6.11. The second-order valence-electron chi connectivity index (χ2n) is 2.86. The molecule has 74 valence electrons. The van der Waals surface area contributed by atoms with Crippen molar-refractivity contribution >= 4 is 0 Å². The van der Waals surface area contributed by atoms with E-state index in [1.165, 1.54) is 6.07 Å². The summed E-state index contributed by atoms with van der Waals surface area (Å²) < 4.78 is 12.9. The normalized spacial score (nSPS) is 9.38. The van der Waals surface area contributed by atoms with Crippen LogP contribution in [-0.2, 0) is 0 Å². The molecule has 13 heavy (non-hydrogen) atoms. The fraction of sp³-hybridized carbons (Fsp3) is 0.455. The van der Waals surface area contributed by atoms with E-state index in [0.29, 0.717) is 5.56 Å². The van der Waals surface area contributed by atoms with Gasteiger partial charge in [-0.05, 0) is 17.5 Å². The summed E-state index contributed by atoms with van der Waals surface area (Å²) in [7, 11) is 0. The van der Waals surface area contributed by atoms with Gasteiger partial charge in [0.1, 0.15) is 11.6 Å². The summed E-state index contributed by atoms with van der Waals surface area (Å²) >= 11 is 0. The molecular weight excluding hydrogens is 167 g/mol. The minimum Gasteiger partial charge on any atom is -0.508 e. The molecule has 1 N–H and O–H groups in total. The zero-order valence-corrected chi connectivity index (χ0v) is 8.63. The summed E-state index contributed by atoms with van der Waals surface area (Å²) in [5.41, 5.74) is 0.641. The molecule has 0 radical (unpaired) electrons. The Labute approximate surface area is 79.2 Å². The van der Waals surface area contributed by atoms with Crippen LogP contribution in [-0.4, -0.2) is 5.11 Å². The SMILES string of the molecule is CC.CC(C)c1ccc(O)cc1F. The molecule has 0 atom stereocenters. The molecule has 0 aliphatic carbocycles. The van der Waals surface area contributed by atoms with Crippen LogP contribution in [0.3, 0.4) is 0 Å². The third-order valence-corrected chi connectivity index (χ3v) is 1.61. The molecule has 0 aliphatic rings. The highest BCUT2D eigenvalue weighted by Crippen LogP contribution is 2.21. The maximum Gasteiger partial charge on any atom is 0.130 e. The van der Waals surface area contributed by atoms with Crippen molar-refractivity contribution in [1.82, 2.24) is 0 Å². The molecule has 0 heterocycles. The van der Waals surface area contributed by atoms with E-state index in [1.54, 1.807) is 6.07 Å². The molecule has 1 rings (SSSR count). The van der Waals surface area contributed by atoms with E-state index in [-0.39, 0.29) is 17.5 Å². The first-order valence-electron chi connectivity index (χ1n) is 4.59. The molecular formula is C11H17FO. The Kier molecular flexibility index (Phi) is 5.12. The standard InChI is InChI=1S/C9H11FO.C2H6/c1-6(2)8-4-3-7(11)5-9(8)10;1-2/h3-6,11H,1-2H3;1-2H3. The van der Waals surface area contributed by atoms with Gasteiger partial charge in [-0.2, -0.15) is 0 Å². The van der Waals surface area contributed by atoms with Gasteiger partial charge in [-0.25, -0.2) is 4.39 Å². The molecule has 0 saturated carbocycles. The average Bonchev–Trinajstić information content (AvgIpc) is 2.07. The number of halogens is 1. The molecule has 0 aliphatic heterocycles. The molecule has 0 bridgehead atoms. The van der Waals surface area contributed by atoms with E-state index in [1.807, 2.05) is 27.7 Å². The summed E-state index contributed by atoms with van der Waals surface area (Å²) in [5, 5.41) is 8.88. The summed E-state index contributed by atoms with van der Waals surface area (Å²) in [5.74, 6) is -0.192. The first kappa shape index (κ1) is 11.9. The zero-order valence-electron chi connectivity index (χ0n) is 8.63. The Balaban J connectivity index is 0.000000671. The van der Waals surface area contributed by atoms with Crippen LogP contribution in [0.5, 0.6) is 5.75 Å². The van der Waals surface area contributed by atoms with Gasteiger partial charge in [0.25, 0.3) is 0 Å². The molecule has 0 fully saturated rings. The lowest BCUT2D eigenvalue weighted by molar-refractivity contribution is 0.467. The summed E-state index contributed by atoms with van der Waals surface area (Å²) in [6, 6.07) is 4.24. The van der Waals surface area contributed by atoms with Crippen molar-refractivity contribution in [3.05, 3.63) is 29.6 Å². The molecule has 0 aromatic heterocycles. The monoisotopic (exact) mass is 184 g/mol. The summed E-state index contributed by atoms with van der Waals surface area (Å²) in [6.45, 7) is 7.82. The first-order valence-corrected chi connectivity index (χ1v) is 4.59. The quantitative estimate of drug-likeness (QED) is 0.705. The zero-order chi connectivity index (χ0) is 10.4. The molecule has 0 spiro atoms. The Morgan fingerprint density at radius 3 is 2.15 bits per heavy atom. The lowest BCUT2D eigenvalue weighted by atomic mass is 10.0. The van der Waals surface area contributed by atoms with E-state index in [9.17, 15) is 4.39 Å². The van der Waals surface area contributed by atoms with Crippen molar-refractivity contribution in [2.45, 2.75) is 33.6 Å². The highest BCUT2D eigenvalue weighted by molar-refractivity contribution is 5.29. The largest absolute Gasteiger partial charge is 0.508 e. The fourth-order valence-electron chi connectivity index (χ4n) is 0.984. The predicted molar refractivity (Wildman–Crippen MR) is 53.5 cm³/mol.